The van der Waals surface area contributed by atoms with Crippen LogP contribution in [0.25, 0.3) is 10.4 Å². The Morgan fingerprint density at radius 2 is 2.25 bits per heavy atom. The second-order valence-corrected chi connectivity index (χ2v) is 3.73. The first-order chi connectivity index (χ1) is 7.63. The van der Waals surface area contributed by atoms with Gasteiger partial charge in [0.05, 0.1) is 6.04 Å². The van der Waals surface area contributed by atoms with Crippen LogP contribution in [0.1, 0.15) is 25.7 Å². The van der Waals surface area contributed by atoms with E-state index >= 15 is 0 Å². The number of azide groups is 1. The molecule has 0 aliphatic carbocycles. The van der Waals surface area contributed by atoms with Crippen molar-refractivity contribution in [1.29, 1.82) is 0 Å². The Morgan fingerprint density at radius 1 is 1.50 bits per heavy atom. The van der Waals surface area contributed by atoms with Crippen LogP contribution in [0.2, 0.25) is 0 Å². The molecule has 1 aliphatic heterocycles. The van der Waals surface area contributed by atoms with Gasteiger partial charge in [0.25, 0.3) is 0 Å². The molecule has 88 valence electrons. The van der Waals surface area contributed by atoms with Crippen molar-refractivity contribution in [3.8, 4) is 0 Å². The third-order valence-corrected chi connectivity index (χ3v) is 2.51. The van der Waals surface area contributed by atoms with Gasteiger partial charge in [-0.15, -0.1) is 0 Å². The van der Waals surface area contributed by atoms with E-state index in [1.54, 1.807) is 4.90 Å². The first-order valence-corrected chi connectivity index (χ1v) is 5.17. The summed E-state index contributed by atoms with van der Waals surface area (Å²) in [6, 6.07) is -0.131. The molecule has 1 fully saturated rings. The zero-order valence-corrected chi connectivity index (χ0v) is 8.87. The number of rotatable bonds is 5. The minimum Gasteiger partial charge on any atom is -0.481 e. The lowest BCUT2D eigenvalue weighted by molar-refractivity contribution is -0.137. The standard InChI is InChI=1S/C9H14N4O3/c10-12-11-7-4-5-13(6-7)8(14)2-1-3-9(15)16/h7H,1-6H2,(H,15,16). The molecule has 7 nitrogen and oxygen atoms in total. The lowest BCUT2D eigenvalue weighted by atomic mass is 10.2. The van der Waals surface area contributed by atoms with Gasteiger partial charge in [0.1, 0.15) is 0 Å². The monoisotopic (exact) mass is 226 g/mol. The van der Waals surface area contributed by atoms with E-state index < -0.39 is 5.97 Å². The Kier molecular flexibility index (Phi) is 4.60. The van der Waals surface area contributed by atoms with Crippen molar-refractivity contribution in [1.82, 2.24) is 4.90 Å². The topological polar surface area (TPSA) is 106 Å². The van der Waals surface area contributed by atoms with Gasteiger partial charge in [-0.1, -0.05) is 5.11 Å². The highest BCUT2D eigenvalue weighted by molar-refractivity contribution is 5.77. The largest absolute Gasteiger partial charge is 0.481 e. The number of amides is 1. The molecular formula is C9H14N4O3. The maximum atomic E-state index is 11.6. The van der Waals surface area contributed by atoms with Crippen molar-refractivity contribution >= 4 is 11.9 Å². The second kappa shape index (κ2) is 5.97. The number of hydrogen-bond donors (Lipinski definition) is 1. The lowest BCUT2D eigenvalue weighted by Crippen LogP contribution is -2.29. The number of carboxylic acid groups (broad SMARTS) is 1. The molecule has 1 atom stereocenters. The molecule has 1 rings (SSSR count). The Morgan fingerprint density at radius 3 is 2.88 bits per heavy atom. The number of carbonyl (C=O) groups excluding carboxylic acids is 1. The van der Waals surface area contributed by atoms with Crippen LogP contribution >= 0.6 is 0 Å². The molecule has 0 spiro atoms. The molecule has 0 bridgehead atoms. The van der Waals surface area contributed by atoms with Crippen LogP contribution in [0.15, 0.2) is 5.11 Å². The summed E-state index contributed by atoms with van der Waals surface area (Å²) >= 11 is 0. The summed E-state index contributed by atoms with van der Waals surface area (Å²) in [5.41, 5.74) is 8.24. The van der Waals surface area contributed by atoms with E-state index in [2.05, 4.69) is 10.0 Å². The molecule has 0 saturated carbocycles. The molecule has 0 aromatic heterocycles. The maximum Gasteiger partial charge on any atom is 0.303 e. The Hall–Kier alpha value is -1.75. The molecule has 1 aliphatic rings. The lowest BCUT2D eigenvalue weighted by Gasteiger charge is -2.15. The van der Waals surface area contributed by atoms with Gasteiger partial charge < -0.3 is 10.0 Å². The predicted octanol–water partition coefficient (Wildman–Crippen LogP) is 1.15. The fraction of sp³-hybridized carbons (Fsp3) is 0.778. The highest BCUT2D eigenvalue weighted by atomic mass is 16.4. The van der Waals surface area contributed by atoms with Gasteiger partial charge in [0.2, 0.25) is 5.91 Å². The fourth-order valence-corrected chi connectivity index (χ4v) is 1.68. The van der Waals surface area contributed by atoms with Crippen LogP contribution in [-0.4, -0.2) is 41.0 Å². The molecule has 7 heteroatoms. The van der Waals surface area contributed by atoms with Gasteiger partial charge >= 0.3 is 5.97 Å². The quantitative estimate of drug-likeness (QED) is 0.431. The van der Waals surface area contributed by atoms with Crippen molar-refractivity contribution < 1.29 is 14.7 Å². The van der Waals surface area contributed by atoms with Crippen molar-refractivity contribution in [3.63, 3.8) is 0 Å². The van der Waals surface area contributed by atoms with Crippen LogP contribution < -0.4 is 0 Å². The molecular weight excluding hydrogens is 212 g/mol. The van der Waals surface area contributed by atoms with E-state index in [1.165, 1.54) is 0 Å². The smallest absolute Gasteiger partial charge is 0.303 e. The Labute approximate surface area is 92.7 Å². The third-order valence-electron chi connectivity index (χ3n) is 2.51. The van der Waals surface area contributed by atoms with E-state index in [-0.39, 0.29) is 24.8 Å². The van der Waals surface area contributed by atoms with Gasteiger partial charge in [-0.3, -0.25) is 9.59 Å². The number of nitrogens with zero attached hydrogens (tertiary/aromatic N) is 4. The van der Waals surface area contributed by atoms with Gasteiger partial charge in [-0.05, 0) is 18.4 Å². The second-order valence-electron chi connectivity index (χ2n) is 3.73. The van der Waals surface area contributed by atoms with Crippen molar-refractivity contribution in [3.05, 3.63) is 10.4 Å². The maximum absolute atomic E-state index is 11.6. The average molecular weight is 226 g/mol. The van der Waals surface area contributed by atoms with Crippen molar-refractivity contribution in [2.75, 3.05) is 13.1 Å². The minimum absolute atomic E-state index is 0.0133. The molecule has 1 N–H and O–H groups in total. The van der Waals surface area contributed by atoms with Gasteiger partial charge in [-0.25, -0.2) is 0 Å². The van der Waals surface area contributed by atoms with E-state index in [0.717, 1.165) is 0 Å². The van der Waals surface area contributed by atoms with Crippen LogP contribution in [0.3, 0.4) is 0 Å². The fourth-order valence-electron chi connectivity index (χ4n) is 1.68. The summed E-state index contributed by atoms with van der Waals surface area (Å²) in [4.78, 5) is 26.2. The normalized spacial score (nSPS) is 19.2. The highest BCUT2D eigenvalue weighted by Gasteiger charge is 2.24. The van der Waals surface area contributed by atoms with E-state index in [9.17, 15) is 9.59 Å². The first kappa shape index (κ1) is 12.3. The molecule has 0 radical (unpaired) electrons. The number of hydrogen-bond acceptors (Lipinski definition) is 3. The zero-order chi connectivity index (χ0) is 12.0. The number of carboxylic acids is 1. The highest BCUT2D eigenvalue weighted by Crippen LogP contribution is 2.14. The number of carbonyl (C=O) groups is 2. The minimum atomic E-state index is -0.888. The Balaban J connectivity index is 2.28. The van der Waals surface area contributed by atoms with Crippen LogP contribution in [0, 0.1) is 0 Å². The molecule has 0 aromatic rings. The van der Waals surface area contributed by atoms with E-state index in [1.807, 2.05) is 0 Å². The summed E-state index contributed by atoms with van der Waals surface area (Å²) in [5, 5.41) is 12.0. The van der Waals surface area contributed by atoms with Crippen LogP contribution in [0.5, 0.6) is 0 Å². The summed E-state index contributed by atoms with van der Waals surface area (Å²) in [7, 11) is 0. The van der Waals surface area contributed by atoms with Crippen LogP contribution in [0.4, 0.5) is 0 Å². The predicted molar refractivity (Wildman–Crippen MR) is 55.6 cm³/mol. The molecule has 16 heavy (non-hydrogen) atoms. The molecule has 1 amide bonds. The SMILES string of the molecule is [N-]=[N+]=NC1CCN(C(=O)CCCC(=O)O)C1. The summed E-state index contributed by atoms with van der Waals surface area (Å²) < 4.78 is 0. The van der Waals surface area contributed by atoms with E-state index in [0.29, 0.717) is 25.9 Å². The molecule has 1 heterocycles. The summed E-state index contributed by atoms with van der Waals surface area (Å²) in [6.07, 6.45) is 1.31. The summed E-state index contributed by atoms with van der Waals surface area (Å²) in [5.74, 6) is -0.946. The Bertz CT molecular complexity index is 325. The van der Waals surface area contributed by atoms with Gasteiger partial charge in [0.15, 0.2) is 0 Å². The average Bonchev–Trinajstić information content (AvgIpc) is 2.66. The molecule has 1 unspecified atom stereocenters. The number of likely N-dealkylation sites (tertiary alicyclic amines) is 1. The van der Waals surface area contributed by atoms with Gasteiger partial charge in [0, 0.05) is 30.8 Å². The van der Waals surface area contributed by atoms with Crippen molar-refractivity contribution in [2.45, 2.75) is 31.7 Å². The van der Waals surface area contributed by atoms with E-state index in [4.69, 9.17) is 10.6 Å². The third kappa shape index (κ3) is 3.78. The molecule has 0 aromatic carbocycles. The first-order valence-electron chi connectivity index (χ1n) is 5.17. The molecule has 1 saturated heterocycles. The van der Waals surface area contributed by atoms with Crippen molar-refractivity contribution in [2.24, 2.45) is 5.11 Å². The van der Waals surface area contributed by atoms with Gasteiger partial charge in [-0.2, -0.15) is 0 Å². The zero-order valence-electron chi connectivity index (χ0n) is 8.87. The number of aliphatic carboxylic acids is 1. The van der Waals surface area contributed by atoms with Crippen LogP contribution in [-0.2, 0) is 9.59 Å². The summed E-state index contributed by atoms with van der Waals surface area (Å²) in [6.45, 7) is 1.05.